The van der Waals surface area contributed by atoms with Crippen LogP contribution in [-0.2, 0) is 0 Å². The molecule has 0 bridgehead atoms. The monoisotopic (exact) mass is 221 g/mol. The summed E-state index contributed by atoms with van der Waals surface area (Å²) < 4.78 is 0. The molecule has 0 aliphatic heterocycles. The van der Waals surface area contributed by atoms with Crippen LogP contribution in [0.1, 0.15) is 25.0 Å². The van der Waals surface area contributed by atoms with Gasteiger partial charge in [-0.25, -0.2) is 0 Å². The molecule has 2 rings (SSSR count). The Morgan fingerprint density at radius 1 is 1.53 bits per heavy atom. The molecule has 3 nitrogen and oxygen atoms in total. The van der Waals surface area contributed by atoms with Crippen molar-refractivity contribution in [1.82, 2.24) is 4.98 Å². The van der Waals surface area contributed by atoms with Crippen LogP contribution in [0.3, 0.4) is 0 Å². The molecule has 0 amide bonds. The van der Waals surface area contributed by atoms with Crippen LogP contribution in [0.15, 0.2) is 18.3 Å². The first-order valence-electron chi connectivity index (χ1n) is 5.25. The number of nitrogens with two attached hydrogens (primary N) is 1. The highest BCUT2D eigenvalue weighted by atomic mass is 32.1. The van der Waals surface area contributed by atoms with E-state index in [0.717, 1.165) is 18.2 Å². The molecule has 1 aromatic heterocycles. The molecule has 0 aromatic carbocycles. The highest BCUT2D eigenvalue weighted by Crippen LogP contribution is 2.32. The molecule has 1 heterocycles. The Morgan fingerprint density at radius 2 is 2.33 bits per heavy atom. The maximum atomic E-state index is 5.46. The highest BCUT2D eigenvalue weighted by Gasteiger charge is 2.19. The van der Waals surface area contributed by atoms with E-state index in [4.69, 9.17) is 18.0 Å². The van der Waals surface area contributed by atoms with Gasteiger partial charge in [-0.3, -0.25) is 4.98 Å². The molecule has 0 unspecified atom stereocenters. The van der Waals surface area contributed by atoms with Gasteiger partial charge in [0.05, 0.1) is 17.6 Å². The Balaban J connectivity index is 1.83. The average Bonchev–Trinajstić information content (AvgIpc) is 3.02. The van der Waals surface area contributed by atoms with Crippen molar-refractivity contribution in [1.29, 1.82) is 0 Å². The lowest BCUT2D eigenvalue weighted by atomic mass is 10.3. The Kier molecular flexibility index (Phi) is 3.16. The zero-order valence-electron chi connectivity index (χ0n) is 8.57. The summed E-state index contributed by atoms with van der Waals surface area (Å²) in [5.74, 6) is 0.960. The van der Waals surface area contributed by atoms with Gasteiger partial charge in [-0.1, -0.05) is 25.1 Å². The maximum Gasteiger partial charge on any atom is 0.122 e. The third-order valence-electron chi connectivity index (χ3n) is 2.59. The third-order valence-corrected chi connectivity index (χ3v) is 2.80. The van der Waals surface area contributed by atoms with Crippen molar-refractivity contribution < 1.29 is 0 Å². The first-order chi connectivity index (χ1) is 7.25. The predicted molar refractivity (Wildman–Crippen MR) is 66.0 cm³/mol. The summed E-state index contributed by atoms with van der Waals surface area (Å²) in [6, 6.07) is 3.82. The van der Waals surface area contributed by atoms with Crippen molar-refractivity contribution in [2.45, 2.75) is 19.3 Å². The fourth-order valence-electron chi connectivity index (χ4n) is 1.47. The molecule has 1 saturated carbocycles. The summed E-state index contributed by atoms with van der Waals surface area (Å²) in [5, 5.41) is 3.34. The number of hydrogen-bond donors (Lipinski definition) is 2. The van der Waals surface area contributed by atoms with Gasteiger partial charge in [0.1, 0.15) is 4.99 Å². The number of anilines is 1. The van der Waals surface area contributed by atoms with Crippen LogP contribution in [0.5, 0.6) is 0 Å². The fourth-order valence-corrected chi connectivity index (χ4v) is 1.59. The molecule has 15 heavy (non-hydrogen) atoms. The largest absolute Gasteiger partial charge is 0.388 e. The van der Waals surface area contributed by atoms with E-state index in [1.54, 1.807) is 6.20 Å². The molecule has 0 radical (unpaired) electrons. The SMILES string of the molecule is NC(=S)c1ccc(NCCC2CC2)cn1. The maximum absolute atomic E-state index is 5.46. The van der Waals surface area contributed by atoms with Gasteiger partial charge >= 0.3 is 0 Å². The second kappa shape index (κ2) is 4.57. The zero-order chi connectivity index (χ0) is 10.7. The standard InChI is InChI=1S/C11H15N3S/c12-11(15)10-4-3-9(7-14-10)13-6-5-8-1-2-8/h3-4,7-8,13H,1-2,5-6H2,(H2,12,15). The molecule has 4 heteroatoms. The normalized spacial score (nSPS) is 14.9. The van der Waals surface area contributed by atoms with Crippen molar-refractivity contribution >= 4 is 22.9 Å². The van der Waals surface area contributed by atoms with E-state index >= 15 is 0 Å². The summed E-state index contributed by atoms with van der Waals surface area (Å²) in [6.07, 6.45) is 5.85. The molecule has 0 atom stereocenters. The molecule has 80 valence electrons. The van der Waals surface area contributed by atoms with Crippen molar-refractivity contribution in [3.05, 3.63) is 24.0 Å². The van der Waals surface area contributed by atoms with Crippen LogP contribution in [0, 0.1) is 5.92 Å². The molecular formula is C11H15N3S. The number of thiocarbonyl (C=S) groups is 1. The zero-order valence-corrected chi connectivity index (χ0v) is 9.39. The molecular weight excluding hydrogens is 206 g/mol. The van der Waals surface area contributed by atoms with Crippen LogP contribution < -0.4 is 11.1 Å². The molecule has 1 fully saturated rings. The van der Waals surface area contributed by atoms with Gasteiger partial charge < -0.3 is 11.1 Å². The smallest absolute Gasteiger partial charge is 0.122 e. The Morgan fingerprint density at radius 3 is 2.87 bits per heavy atom. The number of nitrogens with zero attached hydrogens (tertiary/aromatic N) is 1. The third kappa shape index (κ3) is 3.16. The van der Waals surface area contributed by atoms with Crippen LogP contribution in [0.25, 0.3) is 0 Å². The first kappa shape index (κ1) is 10.4. The molecule has 1 aliphatic rings. The molecule has 1 aromatic rings. The topological polar surface area (TPSA) is 50.9 Å². The van der Waals surface area contributed by atoms with Gasteiger partial charge in [0, 0.05) is 6.54 Å². The van der Waals surface area contributed by atoms with Crippen molar-refractivity contribution in [2.75, 3.05) is 11.9 Å². The minimum atomic E-state index is 0.347. The summed E-state index contributed by atoms with van der Waals surface area (Å²) in [6.45, 7) is 1.03. The highest BCUT2D eigenvalue weighted by molar-refractivity contribution is 7.80. The van der Waals surface area contributed by atoms with Crippen LogP contribution in [-0.4, -0.2) is 16.5 Å². The minimum Gasteiger partial charge on any atom is -0.388 e. The van der Waals surface area contributed by atoms with E-state index in [2.05, 4.69) is 10.3 Å². The van der Waals surface area contributed by atoms with Gasteiger partial charge in [-0.15, -0.1) is 0 Å². The second-order valence-electron chi connectivity index (χ2n) is 3.96. The quantitative estimate of drug-likeness (QED) is 0.746. The lowest BCUT2D eigenvalue weighted by Crippen LogP contribution is -2.11. The van der Waals surface area contributed by atoms with E-state index in [1.807, 2.05) is 12.1 Å². The van der Waals surface area contributed by atoms with E-state index in [1.165, 1.54) is 19.3 Å². The summed E-state index contributed by atoms with van der Waals surface area (Å²) in [4.78, 5) is 4.51. The van der Waals surface area contributed by atoms with Gasteiger partial charge in [0.15, 0.2) is 0 Å². The van der Waals surface area contributed by atoms with Gasteiger partial charge in [0.25, 0.3) is 0 Å². The number of rotatable bonds is 5. The minimum absolute atomic E-state index is 0.347. The summed E-state index contributed by atoms with van der Waals surface area (Å²) in [7, 11) is 0. The van der Waals surface area contributed by atoms with Crippen molar-refractivity contribution in [3.8, 4) is 0 Å². The van der Waals surface area contributed by atoms with E-state index in [9.17, 15) is 0 Å². The van der Waals surface area contributed by atoms with Crippen LogP contribution >= 0.6 is 12.2 Å². The van der Waals surface area contributed by atoms with Gasteiger partial charge in [0.2, 0.25) is 0 Å². The lowest BCUT2D eigenvalue weighted by molar-refractivity contribution is 0.760. The second-order valence-corrected chi connectivity index (χ2v) is 4.40. The first-order valence-corrected chi connectivity index (χ1v) is 5.66. The number of aromatic nitrogens is 1. The number of hydrogen-bond acceptors (Lipinski definition) is 3. The molecule has 0 spiro atoms. The predicted octanol–water partition coefficient (Wildman–Crippen LogP) is 1.93. The van der Waals surface area contributed by atoms with Crippen LogP contribution in [0.4, 0.5) is 5.69 Å². The Hall–Kier alpha value is -1.16. The fraction of sp³-hybridized carbons (Fsp3) is 0.455. The Labute approximate surface area is 95.1 Å². The van der Waals surface area contributed by atoms with Crippen molar-refractivity contribution in [3.63, 3.8) is 0 Å². The molecule has 0 saturated heterocycles. The Bertz CT molecular complexity index is 343. The van der Waals surface area contributed by atoms with E-state index in [-0.39, 0.29) is 0 Å². The summed E-state index contributed by atoms with van der Waals surface area (Å²) >= 11 is 4.83. The van der Waals surface area contributed by atoms with Gasteiger partial charge in [-0.2, -0.15) is 0 Å². The van der Waals surface area contributed by atoms with E-state index in [0.29, 0.717) is 10.7 Å². The van der Waals surface area contributed by atoms with Gasteiger partial charge in [-0.05, 0) is 24.5 Å². The van der Waals surface area contributed by atoms with Crippen molar-refractivity contribution in [2.24, 2.45) is 11.7 Å². The molecule has 3 N–H and O–H groups in total. The average molecular weight is 221 g/mol. The van der Waals surface area contributed by atoms with Crippen LogP contribution in [0.2, 0.25) is 0 Å². The lowest BCUT2D eigenvalue weighted by Gasteiger charge is -2.05. The number of pyridine rings is 1. The molecule has 1 aliphatic carbocycles. The summed E-state index contributed by atoms with van der Waals surface area (Å²) in [5.41, 5.74) is 7.18. The number of nitrogens with one attached hydrogen (secondary N) is 1. The van der Waals surface area contributed by atoms with E-state index < -0.39 is 0 Å².